The fraction of sp³-hybridized carbons (Fsp3) is 0.857. The van der Waals surface area contributed by atoms with Crippen molar-refractivity contribution >= 4 is 11.9 Å². The topological polar surface area (TPSA) is 64.1 Å². The average molecular weight is 285 g/mol. The van der Waals surface area contributed by atoms with Gasteiger partial charge in [-0.15, -0.1) is 0 Å². The molecule has 20 heavy (non-hydrogen) atoms. The van der Waals surface area contributed by atoms with Gasteiger partial charge in [-0.1, -0.05) is 6.92 Å². The first kappa shape index (κ1) is 16.8. The Morgan fingerprint density at radius 3 is 2.55 bits per heavy atom. The Kier molecular flexibility index (Phi) is 6.78. The van der Waals surface area contributed by atoms with E-state index in [9.17, 15) is 9.59 Å². The van der Waals surface area contributed by atoms with Crippen molar-refractivity contribution in [1.29, 1.82) is 0 Å². The minimum Gasteiger partial charge on any atom is -0.395 e. The van der Waals surface area contributed by atoms with Gasteiger partial charge in [-0.05, 0) is 19.3 Å². The first-order valence-corrected chi connectivity index (χ1v) is 7.37. The molecule has 6 nitrogen and oxygen atoms in total. The Hall–Kier alpha value is -1.30. The summed E-state index contributed by atoms with van der Waals surface area (Å²) < 4.78 is 0. The molecule has 1 rings (SSSR count). The van der Waals surface area contributed by atoms with Gasteiger partial charge in [-0.25, -0.2) is 4.79 Å². The number of nitrogens with zero attached hydrogens (tertiary/aromatic N) is 3. The molecule has 1 unspecified atom stereocenters. The number of amides is 3. The van der Waals surface area contributed by atoms with E-state index >= 15 is 0 Å². The second-order valence-electron chi connectivity index (χ2n) is 5.51. The minimum atomic E-state index is -0.134. The normalized spacial score (nSPS) is 18.8. The average Bonchev–Trinajstić information content (AvgIpc) is 2.45. The molecule has 0 saturated carbocycles. The van der Waals surface area contributed by atoms with Gasteiger partial charge in [0.2, 0.25) is 5.91 Å². The van der Waals surface area contributed by atoms with E-state index in [0.717, 1.165) is 19.3 Å². The zero-order valence-corrected chi connectivity index (χ0v) is 12.8. The van der Waals surface area contributed by atoms with E-state index in [2.05, 4.69) is 0 Å². The zero-order chi connectivity index (χ0) is 15.1. The van der Waals surface area contributed by atoms with Crippen molar-refractivity contribution in [3.63, 3.8) is 0 Å². The Bertz CT molecular complexity index is 328. The molecule has 0 aliphatic carbocycles. The summed E-state index contributed by atoms with van der Waals surface area (Å²) in [4.78, 5) is 29.5. The molecular formula is C14H27N3O3. The van der Waals surface area contributed by atoms with Gasteiger partial charge in [0.1, 0.15) is 0 Å². The number of carbonyl (C=O) groups excluding carboxylic acids is 2. The lowest BCUT2D eigenvalue weighted by Gasteiger charge is -2.36. The van der Waals surface area contributed by atoms with Crippen LogP contribution in [0.15, 0.2) is 0 Å². The lowest BCUT2D eigenvalue weighted by atomic mass is 9.96. The Morgan fingerprint density at radius 1 is 1.30 bits per heavy atom. The third kappa shape index (κ3) is 4.37. The number of aliphatic hydroxyl groups excluding tert-OH is 1. The minimum absolute atomic E-state index is 0.0151. The Labute approximate surface area is 121 Å². The van der Waals surface area contributed by atoms with Crippen LogP contribution in [0.1, 0.15) is 26.2 Å². The number of carbonyl (C=O) groups is 2. The van der Waals surface area contributed by atoms with Crippen LogP contribution >= 0.6 is 0 Å². The number of hydrogen-bond acceptors (Lipinski definition) is 3. The Morgan fingerprint density at radius 2 is 2.00 bits per heavy atom. The molecule has 0 aromatic carbocycles. The maximum absolute atomic E-state index is 12.5. The monoisotopic (exact) mass is 285 g/mol. The number of urea groups is 1. The van der Waals surface area contributed by atoms with Crippen LogP contribution in [0, 0.1) is 5.92 Å². The van der Waals surface area contributed by atoms with Crippen molar-refractivity contribution in [3.8, 4) is 0 Å². The third-order valence-electron chi connectivity index (χ3n) is 3.60. The van der Waals surface area contributed by atoms with E-state index in [1.807, 2.05) is 6.92 Å². The molecule has 0 bridgehead atoms. The van der Waals surface area contributed by atoms with Crippen LogP contribution in [-0.4, -0.2) is 78.6 Å². The van der Waals surface area contributed by atoms with Crippen molar-refractivity contribution < 1.29 is 14.7 Å². The quantitative estimate of drug-likeness (QED) is 0.805. The van der Waals surface area contributed by atoms with Gasteiger partial charge < -0.3 is 19.8 Å². The van der Waals surface area contributed by atoms with Gasteiger partial charge in [0, 0.05) is 40.3 Å². The Balaban J connectivity index is 2.65. The number of hydrogen-bond donors (Lipinski definition) is 1. The highest BCUT2D eigenvalue weighted by molar-refractivity contribution is 5.81. The molecule has 1 heterocycles. The van der Waals surface area contributed by atoms with Crippen molar-refractivity contribution in [2.45, 2.75) is 26.2 Å². The molecule has 6 heteroatoms. The lowest BCUT2D eigenvalue weighted by Crippen LogP contribution is -2.49. The van der Waals surface area contributed by atoms with E-state index in [1.165, 1.54) is 0 Å². The molecule has 1 aliphatic heterocycles. The van der Waals surface area contributed by atoms with E-state index in [4.69, 9.17) is 5.11 Å². The van der Waals surface area contributed by atoms with Gasteiger partial charge in [-0.3, -0.25) is 4.79 Å². The van der Waals surface area contributed by atoms with Crippen LogP contribution in [0.5, 0.6) is 0 Å². The number of likely N-dealkylation sites (tertiary alicyclic amines) is 1. The van der Waals surface area contributed by atoms with Crippen LogP contribution in [0.4, 0.5) is 4.79 Å². The molecule has 1 atom stereocenters. The molecule has 1 N–H and O–H groups in total. The van der Waals surface area contributed by atoms with Gasteiger partial charge in [0.15, 0.2) is 0 Å². The number of aliphatic hydroxyl groups is 1. The molecule has 0 aromatic heterocycles. The summed E-state index contributed by atoms with van der Waals surface area (Å²) in [6.45, 7) is 4.25. The number of piperidine rings is 1. The summed E-state index contributed by atoms with van der Waals surface area (Å²) in [5.74, 6) is -0.0668. The van der Waals surface area contributed by atoms with Crippen LogP contribution in [0.25, 0.3) is 0 Å². The zero-order valence-electron chi connectivity index (χ0n) is 12.8. The van der Waals surface area contributed by atoms with Crippen LogP contribution in [0.2, 0.25) is 0 Å². The van der Waals surface area contributed by atoms with Crippen molar-refractivity contribution in [1.82, 2.24) is 14.7 Å². The van der Waals surface area contributed by atoms with Gasteiger partial charge in [-0.2, -0.15) is 0 Å². The number of rotatable bonds is 5. The second-order valence-corrected chi connectivity index (χ2v) is 5.51. The van der Waals surface area contributed by atoms with E-state index in [0.29, 0.717) is 26.2 Å². The highest BCUT2D eigenvalue weighted by Gasteiger charge is 2.31. The largest absolute Gasteiger partial charge is 0.395 e. The summed E-state index contributed by atoms with van der Waals surface area (Å²) in [5.41, 5.74) is 0. The third-order valence-corrected chi connectivity index (χ3v) is 3.60. The molecule has 1 fully saturated rings. The fourth-order valence-corrected chi connectivity index (χ4v) is 2.62. The predicted octanol–water partition coefficient (Wildman–Crippen LogP) is 0.611. The molecule has 0 radical (unpaired) electrons. The highest BCUT2D eigenvalue weighted by atomic mass is 16.3. The van der Waals surface area contributed by atoms with E-state index in [-0.39, 0.29) is 24.5 Å². The SMILES string of the molecule is CCCN(CCO)C(=O)C1CCCN(C(=O)N(C)C)C1. The van der Waals surface area contributed by atoms with Crippen LogP contribution in [0.3, 0.4) is 0 Å². The molecule has 0 spiro atoms. The molecule has 1 aliphatic rings. The van der Waals surface area contributed by atoms with Gasteiger partial charge in [0.05, 0.1) is 12.5 Å². The van der Waals surface area contributed by atoms with Crippen molar-refractivity contribution in [3.05, 3.63) is 0 Å². The maximum Gasteiger partial charge on any atom is 0.319 e. The molecule has 1 saturated heterocycles. The van der Waals surface area contributed by atoms with Gasteiger partial charge in [0.25, 0.3) is 0 Å². The smallest absolute Gasteiger partial charge is 0.319 e. The summed E-state index contributed by atoms with van der Waals surface area (Å²) in [7, 11) is 3.45. The van der Waals surface area contributed by atoms with Crippen LogP contribution in [-0.2, 0) is 4.79 Å². The van der Waals surface area contributed by atoms with E-state index in [1.54, 1.807) is 28.8 Å². The molecule has 116 valence electrons. The second kappa shape index (κ2) is 8.09. The van der Waals surface area contributed by atoms with Crippen LogP contribution < -0.4 is 0 Å². The maximum atomic E-state index is 12.5. The summed E-state index contributed by atoms with van der Waals surface area (Å²) in [6, 6.07) is -0.0355. The van der Waals surface area contributed by atoms with Crippen molar-refractivity contribution in [2.24, 2.45) is 5.92 Å². The summed E-state index contributed by atoms with van der Waals surface area (Å²) in [6.07, 6.45) is 2.55. The van der Waals surface area contributed by atoms with E-state index < -0.39 is 0 Å². The van der Waals surface area contributed by atoms with Crippen molar-refractivity contribution in [2.75, 3.05) is 46.9 Å². The summed E-state index contributed by atoms with van der Waals surface area (Å²) >= 11 is 0. The standard InChI is InChI=1S/C14H27N3O3/c1-4-7-16(9-10-18)13(19)12-6-5-8-17(11-12)14(20)15(2)3/h12,18H,4-11H2,1-3H3. The highest BCUT2D eigenvalue weighted by Crippen LogP contribution is 2.19. The fourth-order valence-electron chi connectivity index (χ4n) is 2.62. The first-order chi connectivity index (χ1) is 9.51. The predicted molar refractivity (Wildman–Crippen MR) is 77.3 cm³/mol. The van der Waals surface area contributed by atoms with Gasteiger partial charge >= 0.3 is 6.03 Å². The lowest BCUT2D eigenvalue weighted by molar-refractivity contribution is -0.137. The molecular weight excluding hydrogens is 258 g/mol. The molecule has 3 amide bonds. The summed E-state index contributed by atoms with van der Waals surface area (Å²) in [5, 5.41) is 9.06. The molecule has 0 aromatic rings. The first-order valence-electron chi connectivity index (χ1n) is 7.37.